The van der Waals surface area contributed by atoms with E-state index >= 15 is 0 Å². The SMILES string of the molecule is O=C(C=Cc1ccc(O)cc1)c1ccccc1OC1OC(C(=O)O)C(O)(O)C(O)C1(O)O. The molecule has 1 aliphatic heterocycles. The molecule has 7 N–H and O–H groups in total. The van der Waals surface area contributed by atoms with Gasteiger partial charge in [0.1, 0.15) is 11.5 Å². The fraction of sp³-hybridized carbons (Fsp3) is 0.238. The van der Waals surface area contributed by atoms with Crippen molar-refractivity contribution >= 4 is 17.8 Å². The average Bonchev–Trinajstić information content (AvgIpc) is 2.74. The number of ether oxygens (including phenoxy) is 2. The smallest absolute Gasteiger partial charge is 0.338 e. The minimum Gasteiger partial charge on any atom is -0.508 e. The van der Waals surface area contributed by atoms with Crippen LogP contribution in [-0.2, 0) is 9.53 Å². The number of rotatable bonds is 6. The van der Waals surface area contributed by atoms with E-state index < -0.39 is 41.8 Å². The Hall–Kier alpha value is -3.32. The standard InChI is InChI=1S/C21H20O11/c22-12-8-5-11(6-9-12)7-10-14(23)13-3-1-2-4-15(13)31-19-21(29,30)18(26)20(27,28)16(32-19)17(24)25/h1-10,16,18-19,22,26-30H,(H,24,25). The van der Waals surface area contributed by atoms with Crippen molar-refractivity contribution in [3.8, 4) is 11.5 Å². The highest BCUT2D eigenvalue weighted by atomic mass is 16.8. The maximum atomic E-state index is 12.6. The summed E-state index contributed by atoms with van der Waals surface area (Å²) in [6.07, 6.45) is -4.97. The molecule has 0 spiro atoms. The first-order valence-electron chi connectivity index (χ1n) is 9.17. The normalized spacial score (nSPS) is 24.2. The Labute approximate surface area is 180 Å². The summed E-state index contributed by atoms with van der Waals surface area (Å²) in [5.41, 5.74) is 0.526. The number of ketones is 1. The summed E-state index contributed by atoms with van der Waals surface area (Å²) >= 11 is 0. The van der Waals surface area contributed by atoms with E-state index in [-0.39, 0.29) is 17.1 Å². The van der Waals surface area contributed by atoms with E-state index in [9.17, 15) is 40.2 Å². The van der Waals surface area contributed by atoms with Gasteiger partial charge in [0.25, 0.3) is 12.1 Å². The number of phenols is 1. The predicted octanol–water partition coefficient (Wildman–Crippen LogP) is -0.801. The van der Waals surface area contributed by atoms with E-state index in [2.05, 4.69) is 0 Å². The summed E-state index contributed by atoms with van der Waals surface area (Å²) in [5.74, 6) is -9.71. The maximum Gasteiger partial charge on any atom is 0.338 e. The van der Waals surface area contributed by atoms with Crippen molar-refractivity contribution < 1.29 is 54.8 Å². The molecule has 0 aromatic heterocycles. The summed E-state index contributed by atoms with van der Waals surface area (Å²) in [6, 6.07) is 11.5. The van der Waals surface area contributed by atoms with Gasteiger partial charge in [-0.25, -0.2) is 4.79 Å². The third-order valence-corrected chi connectivity index (χ3v) is 4.73. The van der Waals surface area contributed by atoms with Gasteiger partial charge in [-0.05, 0) is 35.9 Å². The van der Waals surface area contributed by atoms with E-state index in [4.69, 9.17) is 14.6 Å². The number of allylic oxidation sites excluding steroid dienone is 1. The minimum absolute atomic E-state index is 0.0489. The first-order chi connectivity index (χ1) is 14.9. The monoisotopic (exact) mass is 448 g/mol. The highest BCUT2D eigenvalue weighted by Crippen LogP contribution is 2.36. The van der Waals surface area contributed by atoms with Crippen molar-refractivity contribution in [1.29, 1.82) is 0 Å². The summed E-state index contributed by atoms with van der Waals surface area (Å²) in [6.45, 7) is 0. The topological polar surface area (TPSA) is 194 Å². The molecule has 0 aliphatic carbocycles. The number of carboxylic acid groups (broad SMARTS) is 1. The molecule has 2 aromatic carbocycles. The molecule has 11 nitrogen and oxygen atoms in total. The number of aliphatic hydroxyl groups excluding tert-OH is 1. The van der Waals surface area contributed by atoms with Crippen LogP contribution in [0.5, 0.6) is 11.5 Å². The summed E-state index contributed by atoms with van der Waals surface area (Å²) in [4.78, 5) is 23.9. The molecule has 0 amide bonds. The lowest BCUT2D eigenvalue weighted by atomic mass is 9.92. The Balaban J connectivity index is 1.87. The number of phenolic OH excluding ortho intramolecular Hbond substituents is 1. The second-order valence-electron chi connectivity index (χ2n) is 7.06. The van der Waals surface area contributed by atoms with Gasteiger partial charge in [-0.15, -0.1) is 0 Å². The van der Waals surface area contributed by atoms with Gasteiger partial charge in [0.2, 0.25) is 11.9 Å². The van der Waals surface area contributed by atoms with Gasteiger partial charge in [-0.3, -0.25) is 4.79 Å². The van der Waals surface area contributed by atoms with E-state index in [0.29, 0.717) is 5.56 Å². The van der Waals surface area contributed by atoms with Crippen molar-refractivity contribution in [2.24, 2.45) is 0 Å². The summed E-state index contributed by atoms with van der Waals surface area (Å²) in [7, 11) is 0. The van der Waals surface area contributed by atoms with Crippen LogP contribution < -0.4 is 4.74 Å². The molecule has 0 radical (unpaired) electrons. The zero-order valence-electron chi connectivity index (χ0n) is 16.3. The van der Waals surface area contributed by atoms with Crippen LogP contribution in [0.15, 0.2) is 54.6 Å². The van der Waals surface area contributed by atoms with E-state index in [0.717, 1.165) is 0 Å². The predicted molar refractivity (Wildman–Crippen MR) is 105 cm³/mol. The second kappa shape index (κ2) is 8.67. The van der Waals surface area contributed by atoms with Gasteiger partial charge in [0, 0.05) is 0 Å². The molecule has 0 saturated carbocycles. The number of hydrogen-bond donors (Lipinski definition) is 7. The Morgan fingerprint density at radius 3 is 2.22 bits per heavy atom. The lowest BCUT2D eigenvalue weighted by Crippen LogP contribution is -2.74. The van der Waals surface area contributed by atoms with Crippen LogP contribution in [0.2, 0.25) is 0 Å². The largest absolute Gasteiger partial charge is 0.508 e. The first kappa shape index (κ1) is 23.3. The number of para-hydroxylation sites is 1. The highest BCUT2D eigenvalue weighted by molar-refractivity contribution is 6.08. The molecule has 3 unspecified atom stereocenters. The second-order valence-corrected chi connectivity index (χ2v) is 7.06. The fourth-order valence-electron chi connectivity index (χ4n) is 3.00. The summed E-state index contributed by atoms with van der Waals surface area (Å²) in [5, 5.41) is 68.2. The minimum atomic E-state index is -3.54. The Bertz CT molecular complexity index is 1030. The molecule has 2 aromatic rings. The van der Waals surface area contributed by atoms with Crippen molar-refractivity contribution in [3.63, 3.8) is 0 Å². The quantitative estimate of drug-likeness (QED) is 0.166. The van der Waals surface area contributed by atoms with Crippen LogP contribution >= 0.6 is 0 Å². The average molecular weight is 448 g/mol. The van der Waals surface area contributed by atoms with E-state index in [1.54, 1.807) is 12.1 Å². The number of carbonyl (C=O) groups excluding carboxylic acids is 1. The maximum absolute atomic E-state index is 12.6. The van der Waals surface area contributed by atoms with Crippen LogP contribution in [0.3, 0.4) is 0 Å². The molecule has 1 fully saturated rings. The zero-order chi connectivity index (χ0) is 23.7. The Morgan fingerprint density at radius 1 is 0.969 bits per heavy atom. The zero-order valence-corrected chi connectivity index (χ0v) is 16.3. The first-order valence-corrected chi connectivity index (χ1v) is 9.17. The molecule has 3 atom stereocenters. The molecular weight excluding hydrogens is 428 g/mol. The number of aliphatic carboxylic acids is 1. The summed E-state index contributed by atoms with van der Waals surface area (Å²) < 4.78 is 10.1. The number of hydrogen-bond acceptors (Lipinski definition) is 10. The lowest BCUT2D eigenvalue weighted by Gasteiger charge is -2.47. The fourth-order valence-corrected chi connectivity index (χ4v) is 3.00. The van der Waals surface area contributed by atoms with E-state index in [1.165, 1.54) is 48.6 Å². The molecule has 1 aliphatic rings. The Kier molecular flexibility index (Phi) is 6.32. The molecule has 0 bridgehead atoms. The van der Waals surface area contributed by atoms with E-state index in [1.807, 2.05) is 0 Å². The molecule has 1 heterocycles. The van der Waals surface area contributed by atoms with Gasteiger partial charge in [-0.1, -0.05) is 30.3 Å². The van der Waals surface area contributed by atoms with Crippen LogP contribution in [0.1, 0.15) is 15.9 Å². The van der Waals surface area contributed by atoms with Gasteiger partial charge in [-0.2, -0.15) is 0 Å². The number of aliphatic hydroxyl groups is 5. The van der Waals surface area contributed by atoms with Gasteiger partial charge in [0.05, 0.1) is 5.56 Å². The molecule has 170 valence electrons. The number of benzene rings is 2. The van der Waals surface area contributed by atoms with Crippen molar-refractivity contribution in [1.82, 2.24) is 0 Å². The lowest BCUT2D eigenvalue weighted by molar-refractivity contribution is -0.440. The molecular formula is C21H20O11. The molecule has 3 rings (SSSR count). The van der Waals surface area contributed by atoms with Crippen molar-refractivity contribution in [3.05, 3.63) is 65.7 Å². The Morgan fingerprint density at radius 2 is 1.59 bits per heavy atom. The van der Waals surface area contributed by atoms with Crippen LogP contribution in [0.4, 0.5) is 0 Å². The number of carboxylic acids is 1. The van der Waals surface area contributed by atoms with Crippen LogP contribution in [0, 0.1) is 0 Å². The van der Waals surface area contributed by atoms with Gasteiger partial charge in [0.15, 0.2) is 11.9 Å². The van der Waals surface area contributed by atoms with Gasteiger partial charge < -0.3 is 45.2 Å². The highest BCUT2D eigenvalue weighted by Gasteiger charge is 2.65. The third kappa shape index (κ3) is 4.48. The third-order valence-electron chi connectivity index (χ3n) is 4.73. The van der Waals surface area contributed by atoms with Crippen LogP contribution in [-0.4, -0.2) is 77.6 Å². The van der Waals surface area contributed by atoms with Crippen LogP contribution in [0.25, 0.3) is 6.08 Å². The molecule has 11 heteroatoms. The number of aromatic hydroxyl groups is 1. The van der Waals surface area contributed by atoms with Gasteiger partial charge >= 0.3 is 5.97 Å². The van der Waals surface area contributed by atoms with Crippen molar-refractivity contribution in [2.45, 2.75) is 30.1 Å². The van der Waals surface area contributed by atoms with Crippen molar-refractivity contribution in [2.75, 3.05) is 0 Å². The number of carbonyl (C=O) groups is 2. The molecule has 1 saturated heterocycles. The molecule has 32 heavy (non-hydrogen) atoms.